The molecule has 2 aromatic rings. The normalized spacial score (nSPS) is 18.0. The molecule has 162 valence electrons. The quantitative estimate of drug-likeness (QED) is 0.689. The molecule has 0 radical (unpaired) electrons. The molecule has 10 heteroatoms. The van der Waals surface area contributed by atoms with E-state index in [0.717, 1.165) is 4.90 Å². The lowest BCUT2D eigenvalue weighted by Crippen LogP contribution is -2.42. The summed E-state index contributed by atoms with van der Waals surface area (Å²) < 4.78 is 13.2. The molecular formula is C21H20ClFN4O4. The molecular weight excluding hydrogens is 427 g/mol. The first-order valence-electron chi connectivity index (χ1n) is 9.24. The third-order valence-corrected chi connectivity index (χ3v) is 5.20. The fourth-order valence-corrected chi connectivity index (χ4v) is 3.43. The van der Waals surface area contributed by atoms with Crippen LogP contribution in [0, 0.1) is 5.82 Å². The topological polar surface area (TPSA) is 98.8 Å². The van der Waals surface area contributed by atoms with Gasteiger partial charge in [-0.25, -0.2) is 9.18 Å². The minimum atomic E-state index is -1.41. The van der Waals surface area contributed by atoms with Gasteiger partial charge in [0.15, 0.2) is 0 Å². The Hall–Kier alpha value is -3.46. The Bertz CT molecular complexity index is 1070. The van der Waals surface area contributed by atoms with Gasteiger partial charge in [-0.05, 0) is 42.8 Å². The lowest BCUT2D eigenvalue weighted by atomic mass is 9.92. The fraction of sp³-hybridized carbons (Fsp3) is 0.238. The number of hydrogen-bond acceptors (Lipinski definition) is 4. The average Bonchev–Trinajstić information content (AvgIpc) is 2.92. The summed E-state index contributed by atoms with van der Waals surface area (Å²) in [5.74, 6) is -2.03. The Kier molecular flexibility index (Phi) is 5.99. The van der Waals surface area contributed by atoms with Crippen LogP contribution in [0.15, 0.2) is 42.5 Å². The molecule has 0 spiro atoms. The van der Waals surface area contributed by atoms with Crippen LogP contribution in [0.4, 0.5) is 14.9 Å². The van der Waals surface area contributed by atoms with Crippen molar-refractivity contribution in [3.63, 3.8) is 0 Å². The van der Waals surface area contributed by atoms with E-state index >= 15 is 0 Å². The van der Waals surface area contributed by atoms with E-state index in [0.29, 0.717) is 11.3 Å². The second kappa shape index (κ2) is 8.35. The number of halogens is 2. The second-order valence-corrected chi connectivity index (χ2v) is 7.80. The molecule has 0 bridgehead atoms. The summed E-state index contributed by atoms with van der Waals surface area (Å²) in [4.78, 5) is 51.8. The predicted molar refractivity (Wildman–Crippen MR) is 112 cm³/mol. The zero-order valence-corrected chi connectivity index (χ0v) is 17.8. The Balaban J connectivity index is 1.71. The van der Waals surface area contributed by atoms with Crippen molar-refractivity contribution in [2.75, 3.05) is 26.0 Å². The highest BCUT2D eigenvalue weighted by atomic mass is 35.5. The summed E-state index contributed by atoms with van der Waals surface area (Å²) in [7, 11) is 3.18. The highest BCUT2D eigenvalue weighted by Crippen LogP contribution is 2.29. The molecule has 3 rings (SSSR count). The molecule has 2 aromatic carbocycles. The van der Waals surface area contributed by atoms with Gasteiger partial charge in [0.25, 0.3) is 11.8 Å². The number of benzene rings is 2. The summed E-state index contributed by atoms with van der Waals surface area (Å²) in [5.41, 5.74) is -0.446. The van der Waals surface area contributed by atoms with Crippen molar-refractivity contribution in [3.05, 3.63) is 64.4 Å². The van der Waals surface area contributed by atoms with Crippen LogP contribution in [-0.4, -0.2) is 54.2 Å². The molecule has 1 heterocycles. The number of anilines is 1. The maximum absolute atomic E-state index is 13.2. The van der Waals surface area contributed by atoms with E-state index in [1.807, 2.05) is 0 Å². The van der Waals surface area contributed by atoms with E-state index in [2.05, 4.69) is 10.6 Å². The average molecular weight is 447 g/mol. The smallest absolute Gasteiger partial charge is 0.325 e. The van der Waals surface area contributed by atoms with Gasteiger partial charge < -0.3 is 15.5 Å². The molecule has 0 saturated carbocycles. The van der Waals surface area contributed by atoms with E-state index in [1.54, 1.807) is 14.1 Å². The van der Waals surface area contributed by atoms with Crippen molar-refractivity contribution < 1.29 is 23.6 Å². The minimum Gasteiger partial charge on any atom is -0.345 e. The summed E-state index contributed by atoms with van der Waals surface area (Å²) in [6, 6.07) is 8.80. The maximum atomic E-state index is 13.2. The van der Waals surface area contributed by atoms with E-state index in [-0.39, 0.29) is 16.5 Å². The monoisotopic (exact) mass is 446 g/mol. The van der Waals surface area contributed by atoms with E-state index in [9.17, 15) is 23.6 Å². The third-order valence-electron chi connectivity index (χ3n) is 4.89. The number of rotatable bonds is 5. The first-order chi connectivity index (χ1) is 14.5. The standard InChI is InChI=1S/C21H20ClFN4O4/c1-21(12-4-6-13(23)7-5-12)19(30)27(20(31)25-21)11-17(28)24-14-8-9-15(16(22)10-14)18(29)26(2)3/h4-10H,11H2,1-3H3,(H,24,28)(H,25,31). The first kappa shape index (κ1) is 22.2. The summed E-state index contributed by atoms with van der Waals surface area (Å²) >= 11 is 6.13. The van der Waals surface area contributed by atoms with Crippen molar-refractivity contribution in [1.29, 1.82) is 0 Å². The number of imide groups is 1. The molecule has 1 fully saturated rings. The molecule has 1 aliphatic heterocycles. The maximum Gasteiger partial charge on any atom is 0.325 e. The first-order valence-corrected chi connectivity index (χ1v) is 9.62. The summed E-state index contributed by atoms with van der Waals surface area (Å²) in [6.07, 6.45) is 0. The number of urea groups is 1. The van der Waals surface area contributed by atoms with Crippen LogP contribution in [0.25, 0.3) is 0 Å². The Morgan fingerprint density at radius 1 is 1.16 bits per heavy atom. The van der Waals surface area contributed by atoms with E-state index in [4.69, 9.17) is 11.6 Å². The van der Waals surface area contributed by atoms with Crippen molar-refractivity contribution in [2.24, 2.45) is 0 Å². The molecule has 1 aliphatic rings. The van der Waals surface area contributed by atoms with Crippen molar-refractivity contribution >= 4 is 41.0 Å². The number of amides is 5. The number of hydrogen-bond donors (Lipinski definition) is 2. The molecule has 31 heavy (non-hydrogen) atoms. The van der Waals surface area contributed by atoms with Crippen molar-refractivity contribution in [1.82, 2.24) is 15.1 Å². The van der Waals surface area contributed by atoms with Crippen LogP contribution in [0.3, 0.4) is 0 Å². The van der Waals surface area contributed by atoms with E-state index in [1.165, 1.54) is 54.3 Å². The molecule has 1 saturated heterocycles. The summed E-state index contributed by atoms with van der Waals surface area (Å²) in [5, 5.41) is 5.24. The van der Waals surface area contributed by atoms with Gasteiger partial charge in [-0.15, -0.1) is 0 Å². The van der Waals surface area contributed by atoms with E-state index < -0.39 is 35.7 Å². The zero-order chi connectivity index (χ0) is 22.9. The lowest BCUT2D eigenvalue weighted by Gasteiger charge is -2.22. The molecule has 2 N–H and O–H groups in total. The minimum absolute atomic E-state index is 0.148. The number of carbonyl (C=O) groups excluding carboxylic acids is 4. The number of nitrogens with zero attached hydrogens (tertiary/aromatic N) is 2. The van der Waals surface area contributed by atoms with Crippen LogP contribution in [-0.2, 0) is 15.1 Å². The van der Waals surface area contributed by atoms with Gasteiger partial charge in [0.05, 0.1) is 10.6 Å². The van der Waals surface area contributed by atoms with Gasteiger partial charge in [0, 0.05) is 19.8 Å². The Labute approximate surface area is 183 Å². The second-order valence-electron chi connectivity index (χ2n) is 7.40. The molecule has 1 unspecified atom stereocenters. The van der Waals surface area contributed by atoms with Gasteiger partial charge >= 0.3 is 6.03 Å². The predicted octanol–water partition coefficient (Wildman–Crippen LogP) is 2.59. The largest absolute Gasteiger partial charge is 0.345 e. The van der Waals surface area contributed by atoms with Crippen LogP contribution in [0.1, 0.15) is 22.8 Å². The molecule has 0 aliphatic carbocycles. The highest BCUT2D eigenvalue weighted by Gasteiger charge is 2.49. The van der Waals surface area contributed by atoms with Crippen LogP contribution >= 0.6 is 11.6 Å². The Morgan fingerprint density at radius 3 is 2.39 bits per heavy atom. The van der Waals surface area contributed by atoms with Gasteiger partial charge in [-0.2, -0.15) is 0 Å². The fourth-order valence-electron chi connectivity index (χ4n) is 3.17. The molecule has 8 nitrogen and oxygen atoms in total. The van der Waals surface area contributed by atoms with Gasteiger partial charge in [-0.3, -0.25) is 19.3 Å². The number of carbonyl (C=O) groups is 4. The highest BCUT2D eigenvalue weighted by molar-refractivity contribution is 6.34. The Morgan fingerprint density at radius 2 is 1.81 bits per heavy atom. The van der Waals surface area contributed by atoms with Gasteiger partial charge in [-0.1, -0.05) is 23.7 Å². The van der Waals surface area contributed by atoms with Crippen LogP contribution in [0.5, 0.6) is 0 Å². The number of nitrogens with one attached hydrogen (secondary N) is 2. The third kappa shape index (κ3) is 4.36. The van der Waals surface area contributed by atoms with Gasteiger partial charge in [0.2, 0.25) is 5.91 Å². The van der Waals surface area contributed by atoms with Crippen molar-refractivity contribution in [2.45, 2.75) is 12.5 Å². The van der Waals surface area contributed by atoms with Gasteiger partial charge in [0.1, 0.15) is 17.9 Å². The lowest BCUT2D eigenvalue weighted by molar-refractivity contribution is -0.133. The van der Waals surface area contributed by atoms with Crippen LogP contribution < -0.4 is 10.6 Å². The van der Waals surface area contributed by atoms with Crippen LogP contribution in [0.2, 0.25) is 5.02 Å². The zero-order valence-electron chi connectivity index (χ0n) is 17.0. The SMILES string of the molecule is CN(C)C(=O)c1ccc(NC(=O)CN2C(=O)NC(C)(c3ccc(F)cc3)C2=O)cc1Cl. The molecule has 0 aromatic heterocycles. The summed E-state index contributed by atoms with van der Waals surface area (Å²) in [6.45, 7) is 0.954. The molecule has 1 atom stereocenters. The van der Waals surface area contributed by atoms with Crippen molar-refractivity contribution in [3.8, 4) is 0 Å². The molecule has 5 amide bonds.